The van der Waals surface area contributed by atoms with E-state index in [-0.39, 0.29) is 24.8 Å². The maximum absolute atomic E-state index is 12.1. The second-order valence-corrected chi connectivity index (χ2v) is 4.35. The first-order chi connectivity index (χ1) is 10.0. The number of hydrogen-bond acceptors (Lipinski definition) is 4. The summed E-state index contributed by atoms with van der Waals surface area (Å²) in [6, 6.07) is 8.57. The Hall–Kier alpha value is -2.77. The second kappa shape index (κ2) is 8.41. The van der Waals surface area contributed by atoms with E-state index in [1.54, 1.807) is 0 Å². The van der Waals surface area contributed by atoms with Crippen molar-refractivity contribution in [3.8, 4) is 0 Å². The Bertz CT molecular complexity index is 504. The molecule has 114 valence electrons. The molecule has 8 heteroatoms. The van der Waals surface area contributed by atoms with Crippen LogP contribution in [0.5, 0.6) is 0 Å². The molecule has 0 saturated heterocycles. The van der Waals surface area contributed by atoms with Crippen molar-refractivity contribution in [3.05, 3.63) is 35.9 Å². The minimum atomic E-state index is -0.786. The predicted molar refractivity (Wildman–Crippen MR) is 77.6 cm³/mol. The Labute approximate surface area is 122 Å². The highest BCUT2D eigenvalue weighted by Gasteiger charge is 2.23. The summed E-state index contributed by atoms with van der Waals surface area (Å²) < 4.78 is 0. The third-order valence-electron chi connectivity index (χ3n) is 2.80. The standard InChI is InChI=1S/C13H19N5O3/c14-11(18-21)10(8-9-4-2-1-3-5-9)12(19)16-6-7-17-13(15)20/h1-5,10,21H,6-8H2,(H2,14,18)(H,16,19)(H3,15,17,20). The van der Waals surface area contributed by atoms with Crippen LogP contribution < -0.4 is 22.1 Å². The first-order valence-electron chi connectivity index (χ1n) is 6.37. The quantitative estimate of drug-likeness (QED) is 0.150. The average molecular weight is 293 g/mol. The number of nitrogens with one attached hydrogen (secondary N) is 2. The molecule has 0 bridgehead atoms. The summed E-state index contributed by atoms with van der Waals surface area (Å²) in [5.41, 5.74) is 11.4. The minimum Gasteiger partial charge on any atom is -0.409 e. The topological polar surface area (TPSA) is 143 Å². The Balaban J connectivity index is 2.61. The summed E-state index contributed by atoms with van der Waals surface area (Å²) in [5, 5.41) is 16.6. The van der Waals surface area contributed by atoms with Crippen molar-refractivity contribution in [3.63, 3.8) is 0 Å². The van der Waals surface area contributed by atoms with Crippen LogP contribution in [0.4, 0.5) is 4.79 Å². The summed E-state index contributed by atoms with van der Waals surface area (Å²) in [6.07, 6.45) is 0.311. The van der Waals surface area contributed by atoms with Crippen LogP contribution in [0.1, 0.15) is 5.56 Å². The fourth-order valence-corrected chi connectivity index (χ4v) is 1.75. The van der Waals surface area contributed by atoms with Crippen LogP contribution in [-0.2, 0) is 11.2 Å². The van der Waals surface area contributed by atoms with E-state index in [9.17, 15) is 9.59 Å². The van der Waals surface area contributed by atoms with Crippen LogP contribution in [0.2, 0.25) is 0 Å². The lowest BCUT2D eigenvalue weighted by atomic mass is 9.97. The first kappa shape index (κ1) is 16.3. The van der Waals surface area contributed by atoms with Gasteiger partial charge in [0.05, 0.1) is 0 Å². The molecule has 1 atom stereocenters. The molecule has 0 aliphatic heterocycles. The van der Waals surface area contributed by atoms with E-state index in [1.807, 2.05) is 30.3 Å². The summed E-state index contributed by atoms with van der Waals surface area (Å²) in [5.74, 6) is -1.34. The van der Waals surface area contributed by atoms with Gasteiger partial charge in [-0.3, -0.25) is 4.79 Å². The number of urea groups is 1. The normalized spacial score (nSPS) is 12.5. The second-order valence-electron chi connectivity index (χ2n) is 4.35. The molecule has 3 amide bonds. The summed E-state index contributed by atoms with van der Waals surface area (Å²) in [4.78, 5) is 22.6. The summed E-state index contributed by atoms with van der Waals surface area (Å²) in [6.45, 7) is 0.404. The van der Waals surface area contributed by atoms with Crippen LogP contribution in [-0.4, -0.2) is 36.1 Å². The van der Waals surface area contributed by atoms with Gasteiger partial charge in [0, 0.05) is 13.1 Å². The van der Waals surface area contributed by atoms with Gasteiger partial charge in [0.1, 0.15) is 5.92 Å². The number of oxime groups is 1. The van der Waals surface area contributed by atoms with Gasteiger partial charge in [-0.15, -0.1) is 0 Å². The summed E-state index contributed by atoms with van der Waals surface area (Å²) >= 11 is 0. The van der Waals surface area contributed by atoms with Gasteiger partial charge in [0.15, 0.2) is 5.84 Å². The van der Waals surface area contributed by atoms with Crippen molar-refractivity contribution in [2.75, 3.05) is 13.1 Å². The van der Waals surface area contributed by atoms with Crippen LogP contribution in [0.3, 0.4) is 0 Å². The molecule has 0 aromatic heterocycles. The molecule has 1 aromatic carbocycles. The van der Waals surface area contributed by atoms with Crippen LogP contribution in [0.15, 0.2) is 35.5 Å². The zero-order valence-electron chi connectivity index (χ0n) is 11.5. The molecule has 7 N–H and O–H groups in total. The Kier molecular flexibility index (Phi) is 6.52. The van der Waals surface area contributed by atoms with Gasteiger partial charge >= 0.3 is 6.03 Å². The Morgan fingerprint density at radius 2 is 1.76 bits per heavy atom. The van der Waals surface area contributed by atoms with Gasteiger partial charge in [-0.05, 0) is 12.0 Å². The largest absolute Gasteiger partial charge is 0.409 e. The molecular weight excluding hydrogens is 274 g/mol. The molecule has 0 aliphatic carbocycles. The molecule has 0 spiro atoms. The average Bonchev–Trinajstić information content (AvgIpc) is 2.49. The number of hydrogen-bond donors (Lipinski definition) is 5. The molecule has 1 aromatic rings. The molecule has 8 nitrogen and oxygen atoms in total. The highest BCUT2D eigenvalue weighted by molar-refractivity contribution is 6.02. The summed E-state index contributed by atoms with van der Waals surface area (Å²) in [7, 11) is 0. The molecular formula is C13H19N5O3. The number of benzene rings is 1. The number of carbonyl (C=O) groups is 2. The molecule has 0 heterocycles. The van der Waals surface area contributed by atoms with Crippen LogP contribution in [0.25, 0.3) is 0 Å². The van der Waals surface area contributed by atoms with E-state index in [0.29, 0.717) is 6.42 Å². The van der Waals surface area contributed by atoms with E-state index in [0.717, 1.165) is 5.56 Å². The minimum absolute atomic E-state index is 0.167. The maximum Gasteiger partial charge on any atom is 0.312 e. The number of carbonyl (C=O) groups excluding carboxylic acids is 2. The van der Waals surface area contributed by atoms with E-state index >= 15 is 0 Å². The lowest BCUT2D eigenvalue weighted by molar-refractivity contribution is -0.123. The van der Waals surface area contributed by atoms with Gasteiger partial charge in [-0.1, -0.05) is 35.5 Å². The maximum atomic E-state index is 12.1. The van der Waals surface area contributed by atoms with Crippen molar-refractivity contribution in [2.45, 2.75) is 6.42 Å². The van der Waals surface area contributed by atoms with Crippen molar-refractivity contribution >= 4 is 17.8 Å². The molecule has 1 unspecified atom stereocenters. The molecule has 0 aliphatic rings. The Morgan fingerprint density at radius 3 is 2.33 bits per heavy atom. The predicted octanol–water partition coefficient (Wildman–Crippen LogP) is -0.624. The zero-order valence-corrected chi connectivity index (χ0v) is 11.5. The van der Waals surface area contributed by atoms with Gasteiger partial charge in [-0.25, -0.2) is 4.79 Å². The van der Waals surface area contributed by atoms with Gasteiger partial charge in [0.2, 0.25) is 5.91 Å². The lowest BCUT2D eigenvalue weighted by Gasteiger charge is -2.15. The molecule has 0 fully saturated rings. The smallest absolute Gasteiger partial charge is 0.312 e. The zero-order chi connectivity index (χ0) is 15.7. The highest BCUT2D eigenvalue weighted by Crippen LogP contribution is 2.09. The molecule has 0 radical (unpaired) electrons. The van der Waals surface area contributed by atoms with Gasteiger partial charge < -0.3 is 27.3 Å². The number of nitrogens with two attached hydrogens (primary N) is 2. The van der Waals surface area contributed by atoms with Crippen molar-refractivity contribution in [1.29, 1.82) is 0 Å². The van der Waals surface area contributed by atoms with Crippen molar-refractivity contribution in [1.82, 2.24) is 10.6 Å². The molecule has 0 saturated carbocycles. The van der Waals surface area contributed by atoms with E-state index in [4.69, 9.17) is 16.7 Å². The van der Waals surface area contributed by atoms with E-state index in [1.165, 1.54) is 0 Å². The number of amides is 3. The third-order valence-corrected chi connectivity index (χ3v) is 2.80. The van der Waals surface area contributed by atoms with Crippen molar-refractivity contribution in [2.24, 2.45) is 22.5 Å². The monoisotopic (exact) mass is 293 g/mol. The number of primary amides is 1. The molecule has 1 rings (SSSR count). The fraction of sp³-hybridized carbons (Fsp3) is 0.308. The van der Waals surface area contributed by atoms with Crippen molar-refractivity contribution < 1.29 is 14.8 Å². The Morgan fingerprint density at radius 1 is 1.14 bits per heavy atom. The van der Waals surface area contributed by atoms with Crippen LogP contribution in [0, 0.1) is 5.92 Å². The number of nitrogens with zero attached hydrogens (tertiary/aromatic N) is 1. The lowest BCUT2D eigenvalue weighted by Crippen LogP contribution is -2.43. The molecule has 21 heavy (non-hydrogen) atoms. The van der Waals surface area contributed by atoms with E-state index < -0.39 is 11.9 Å². The van der Waals surface area contributed by atoms with Crippen LogP contribution >= 0.6 is 0 Å². The van der Waals surface area contributed by atoms with E-state index in [2.05, 4.69) is 15.8 Å². The number of rotatable bonds is 7. The highest BCUT2D eigenvalue weighted by atomic mass is 16.4. The SMILES string of the molecule is NC(=O)NCCNC(=O)C(Cc1ccccc1)/C(N)=N/O. The van der Waals surface area contributed by atoms with Gasteiger partial charge in [0.25, 0.3) is 0 Å². The number of amidine groups is 1. The fourth-order valence-electron chi connectivity index (χ4n) is 1.75. The van der Waals surface area contributed by atoms with Gasteiger partial charge in [-0.2, -0.15) is 0 Å². The third kappa shape index (κ3) is 5.81. The first-order valence-corrected chi connectivity index (χ1v) is 6.37.